The van der Waals surface area contributed by atoms with E-state index in [9.17, 15) is 4.79 Å². The van der Waals surface area contributed by atoms with Gasteiger partial charge in [-0.1, -0.05) is 24.3 Å². The number of benzene rings is 1. The van der Waals surface area contributed by atoms with Crippen LogP contribution in [0.2, 0.25) is 0 Å². The van der Waals surface area contributed by atoms with Crippen LogP contribution in [-0.4, -0.2) is 18.5 Å². The fourth-order valence-electron chi connectivity index (χ4n) is 2.15. The second-order valence-corrected chi connectivity index (χ2v) is 5.66. The fraction of sp³-hybridized carbons (Fsp3) is 0.562. The van der Waals surface area contributed by atoms with Crippen LogP contribution >= 0.6 is 0 Å². The fourth-order valence-corrected chi connectivity index (χ4v) is 2.15. The predicted molar refractivity (Wildman–Crippen MR) is 78.0 cm³/mol. The third-order valence-electron chi connectivity index (χ3n) is 3.34. The van der Waals surface area contributed by atoms with E-state index in [2.05, 4.69) is 34.9 Å². The van der Waals surface area contributed by atoms with E-state index in [-0.39, 0.29) is 11.9 Å². The molecule has 1 aromatic rings. The predicted octanol–water partition coefficient (Wildman–Crippen LogP) is 2.57. The van der Waals surface area contributed by atoms with E-state index in [1.165, 1.54) is 24.0 Å². The van der Waals surface area contributed by atoms with Crippen molar-refractivity contribution in [3.63, 3.8) is 0 Å². The van der Waals surface area contributed by atoms with Crippen LogP contribution in [0.25, 0.3) is 0 Å². The van der Waals surface area contributed by atoms with Crippen molar-refractivity contribution in [2.24, 2.45) is 0 Å². The van der Waals surface area contributed by atoms with Crippen LogP contribution in [-0.2, 0) is 11.3 Å². The Morgan fingerprint density at radius 2 is 1.95 bits per heavy atom. The van der Waals surface area contributed by atoms with Crippen molar-refractivity contribution >= 4 is 5.91 Å². The highest BCUT2D eigenvalue weighted by Crippen LogP contribution is 2.39. The van der Waals surface area contributed by atoms with Gasteiger partial charge in [-0.15, -0.1) is 0 Å². The highest BCUT2D eigenvalue weighted by Gasteiger charge is 2.22. The highest BCUT2D eigenvalue weighted by atomic mass is 16.1. The van der Waals surface area contributed by atoms with Gasteiger partial charge in [0.2, 0.25) is 5.91 Å². The minimum atomic E-state index is 0.117. The Balaban J connectivity index is 1.63. The molecular weight excluding hydrogens is 236 g/mol. The lowest BCUT2D eigenvalue weighted by molar-refractivity contribution is -0.121. The summed E-state index contributed by atoms with van der Waals surface area (Å²) in [6.07, 6.45) is 3.24. The molecule has 2 N–H and O–H groups in total. The van der Waals surface area contributed by atoms with Crippen molar-refractivity contribution in [3.05, 3.63) is 35.4 Å². The van der Waals surface area contributed by atoms with Crippen LogP contribution in [0.1, 0.15) is 50.2 Å². The molecule has 19 heavy (non-hydrogen) atoms. The summed E-state index contributed by atoms with van der Waals surface area (Å²) >= 11 is 0. The monoisotopic (exact) mass is 260 g/mol. The number of carbonyl (C=O) groups excluding carboxylic acids is 1. The van der Waals surface area contributed by atoms with Crippen molar-refractivity contribution < 1.29 is 4.79 Å². The maximum absolute atomic E-state index is 11.4. The van der Waals surface area contributed by atoms with Crippen LogP contribution in [0.15, 0.2) is 24.3 Å². The molecule has 1 saturated carbocycles. The summed E-state index contributed by atoms with van der Waals surface area (Å²) < 4.78 is 0. The number of carbonyl (C=O) groups is 1. The zero-order chi connectivity index (χ0) is 13.7. The van der Waals surface area contributed by atoms with Gasteiger partial charge in [-0.3, -0.25) is 4.79 Å². The molecule has 3 heteroatoms. The molecule has 1 amide bonds. The molecular formula is C16H24N2O. The Morgan fingerprint density at radius 1 is 1.26 bits per heavy atom. The molecule has 1 aliphatic rings. The Bertz CT molecular complexity index is 407. The quantitative estimate of drug-likeness (QED) is 0.740. The first-order valence-electron chi connectivity index (χ1n) is 7.24. The Hall–Kier alpha value is -1.35. The molecule has 1 fully saturated rings. The normalized spacial score (nSPS) is 14.7. The molecule has 0 saturated heterocycles. The first-order valence-corrected chi connectivity index (χ1v) is 7.24. The SMILES string of the molecule is CC(C)NC(=O)CCNCc1ccc(C2CC2)cc1. The van der Waals surface area contributed by atoms with E-state index in [1.807, 2.05) is 13.8 Å². The molecule has 0 heterocycles. The minimum Gasteiger partial charge on any atom is -0.354 e. The zero-order valence-electron chi connectivity index (χ0n) is 11.9. The maximum atomic E-state index is 11.4. The average molecular weight is 260 g/mol. The Morgan fingerprint density at radius 3 is 2.53 bits per heavy atom. The van der Waals surface area contributed by atoms with Gasteiger partial charge in [-0.25, -0.2) is 0 Å². The van der Waals surface area contributed by atoms with E-state index in [0.717, 1.165) is 19.0 Å². The van der Waals surface area contributed by atoms with Crippen LogP contribution in [0.4, 0.5) is 0 Å². The third-order valence-corrected chi connectivity index (χ3v) is 3.34. The molecule has 0 aromatic heterocycles. The largest absolute Gasteiger partial charge is 0.354 e. The zero-order valence-corrected chi connectivity index (χ0v) is 11.9. The van der Waals surface area contributed by atoms with Crippen molar-refractivity contribution in [2.45, 2.75) is 51.6 Å². The van der Waals surface area contributed by atoms with Gasteiger partial charge in [0.05, 0.1) is 0 Å². The van der Waals surface area contributed by atoms with E-state index in [0.29, 0.717) is 6.42 Å². The van der Waals surface area contributed by atoms with E-state index in [1.54, 1.807) is 0 Å². The number of amides is 1. The van der Waals surface area contributed by atoms with Gasteiger partial charge in [-0.05, 0) is 43.7 Å². The highest BCUT2D eigenvalue weighted by molar-refractivity contribution is 5.76. The molecule has 0 radical (unpaired) electrons. The van der Waals surface area contributed by atoms with Crippen LogP contribution in [0.3, 0.4) is 0 Å². The van der Waals surface area contributed by atoms with Crippen LogP contribution in [0.5, 0.6) is 0 Å². The van der Waals surface area contributed by atoms with Crippen molar-refractivity contribution in [1.82, 2.24) is 10.6 Å². The molecule has 1 aliphatic carbocycles. The molecule has 0 spiro atoms. The summed E-state index contributed by atoms with van der Waals surface area (Å²) in [4.78, 5) is 11.4. The van der Waals surface area contributed by atoms with Gasteiger partial charge in [0.15, 0.2) is 0 Å². The summed E-state index contributed by atoms with van der Waals surface area (Å²) in [5, 5.41) is 6.20. The number of hydrogen-bond acceptors (Lipinski definition) is 2. The lowest BCUT2D eigenvalue weighted by Crippen LogP contribution is -2.32. The smallest absolute Gasteiger partial charge is 0.221 e. The summed E-state index contributed by atoms with van der Waals surface area (Å²) in [5.74, 6) is 0.938. The van der Waals surface area contributed by atoms with Crippen molar-refractivity contribution in [3.8, 4) is 0 Å². The topological polar surface area (TPSA) is 41.1 Å². The second-order valence-electron chi connectivity index (χ2n) is 5.66. The van der Waals surface area contributed by atoms with Gasteiger partial charge >= 0.3 is 0 Å². The average Bonchev–Trinajstić information content (AvgIpc) is 3.19. The summed E-state index contributed by atoms with van der Waals surface area (Å²) in [6, 6.07) is 9.08. The van der Waals surface area contributed by atoms with E-state index in [4.69, 9.17) is 0 Å². The van der Waals surface area contributed by atoms with Gasteiger partial charge in [0.25, 0.3) is 0 Å². The van der Waals surface area contributed by atoms with Crippen molar-refractivity contribution in [1.29, 1.82) is 0 Å². The first-order chi connectivity index (χ1) is 9.15. The number of rotatable bonds is 7. The maximum Gasteiger partial charge on any atom is 0.221 e. The lowest BCUT2D eigenvalue weighted by atomic mass is 10.1. The Kier molecular flexibility index (Phi) is 4.97. The molecule has 104 valence electrons. The van der Waals surface area contributed by atoms with E-state index < -0.39 is 0 Å². The summed E-state index contributed by atoms with van der Waals surface area (Å²) in [5.41, 5.74) is 2.76. The molecule has 0 aliphatic heterocycles. The lowest BCUT2D eigenvalue weighted by Gasteiger charge is -2.09. The van der Waals surface area contributed by atoms with Crippen LogP contribution < -0.4 is 10.6 Å². The third kappa shape index (κ3) is 5.03. The second kappa shape index (κ2) is 6.71. The van der Waals surface area contributed by atoms with Gasteiger partial charge in [-0.2, -0.15) is 0 Å². The molecule has 1 aromatic carbocycles. The van der Waals surface area contributed by atoms with Crippen LogP contribution in [0, 0.1) is 0 Å². The molecule has 3 nitrogen and oxygen atoms in total. The van der Waals surface area contributed by atoms with Gasteiger partial charge in [0.1, 0.15) is 0 Å². The first kappa shape index (κ1) is 14.1. The number of nitrogens with one attached hydrogen (secondary N) is 2. The van der Waals surface area contributed by atoms with Crippen molar-refractivity contribution in [2.75, 3.05) is 6.54 Å². The molecule has 2 rings (SSSR count). The Labute approximate surface area is 115 Å². The minimum absolute atomic E-state index is 0.117. The number of hydrogen-bond donors (Lipinski definition) is 2. The van der Waals surface area contributed by atoms with Gasteiger partial charge in [0, 0.05) is 25.6 Å². The summed E-state index contributed by atoms with van der Waals surface area (Å²) in [7, 11) is 0. The molecule has 0 bridgehead atoms. The van der Waals surface area contributed by atoms with E-state index >= 15 is 0 Å². The standard InChI is InChI=1S/C16H24N2O/c1-12(2)18-16(19)9-10-17-11-13-3-5-14(6-4-13)15-7-8-15/h3-6,12,15,17H,7-11H2,1-2H3,(H,18,19). The molecule has 0 unspecified atom stereocenters. The molecule has 0 atom stereocenters. The van der Waals surface area contributed by atoms with Gasteiger partial charge < -0.3 is 10.6 Å². The summed E-state index contributed by atoms with van der Waals surface area (Å²) in [6.45, 7) is 5.52.